The zero-order chi connectivity index (χ0) is 21.3. The molecule has 3 rings (SSSR count). The summed E-state index contributed by atoms with van der Waals surface area (Å²) in [6.45, 7) is 1.11. The van der Waals surface area contributed by atoms with Crippen molar-refractivity contribution in [3.05, 3.63) is 69.1 Å². The Bertz CT molecular complexity index is 1080. The van der Waals surface area contributed by atoms with Crippen molar-refractivity contribution in [1.29, 1.82) is 0 Å². The van der Waals surface area contributed by atoms with E-state index in [1.54, 1.807) is 10.2 Å². The van der Waals surface area contributed by atoms with Gasteiger partial charge < -0.3 is 0 Å². The van der Waals surface area contributed by atoms with Gasteiger partial charge in [0, 0.05) is 30.8 Å². The molecule has 158 valence electrons. The van der Waals surface area contributed by atoms with Crippen molar-refractivity contribution in [2.24, 2.45) is 0 Å². The highest BCUT2D eigenvalue weighted by Crippen LogP contribution is 2.17. The van der Waals surface area contributed by atoms with E-state index in [-0.39, 0.29) is 5.91 Å². The molecular weight excluding hydrogens is 388 g/mol. The molecule has 0 aliphatic rings. The normalized spacial score (nSPS) is 10.8. The van der Waals surface area contributed by atoms with Crippen LogP contribution < -0.4 is 16.7 Å². The van der Waals surface area contributed by atoms with Crippen LogP contribution in [0.1, 0.15) is 37.7 Å². The number of aryl methyl sites for hydroxylation is 1. The molecule has 1 aromatic carbocycles. The highest BCUT2D eigenvalue weighted by atomic mass is 16.5. The predicted molar refractivity (Wildman–Crippen MR) is 109 cm³/mol. The molecule has 0 fully saturated rings. The van der Waals surface area contributed by atoms with E-state index in [0.717, 1.165) is 49.0 Å². The fourth-order valence-corrected chi connectivity index (χ4v) is 3.06. The first-order valence-corrected chi connectivity index (χ1v) is 9.77. The van der Waals surface area contributed by atoms with Crippen LogP contribution in [0.2, 0.25) is 0 Å². The molecule has 2 heterocycles. The topological polar surface area (TPSA) is 135 Å². The number of benzene rings is 1. The maximum atomic E-state index is 11.8. The van der Waals surface area contributed by atoms with Crippen LogP contribution in [0.5, 0.6) is 0 Å². The van der Waals surface area contributed by atoms with E-state index in [4.69, 9.17) is 5.21 Å². The molecule has 0 radical (unpaired) electrons. The Labute approximate surface area is 172 Å². The highest BCUT2D eigenvalue weighted by molar-refractivity contribution is 5.74. The third kappa shape index (κ3) is 5.98. The van der Waals surface area contributed by atoms with Gasteiger partial charge in [-0.15, -0.1) is 5.10 Å². The lowest BCUT2D eigenvalue weighted by Gasteiger charge is -2.05. The molecule has 0 bridgehead atoms. The second-order valence-electron chi connectivity index (χ2n) is 7.00. The van der Waals surface area contributed by atoms with Gasteiger partial charge in [-0.2, -0.15) is 0 Å². The molecule has 30 heavy (non-hydrogen) atoms. The fraction of sp³-hybridized carbons (Fsp3) is 0.350. The van der Waals surface area contributed by atoms with Crippen LogP contribution in [0.25, 0.3) is 11.3 Å². The van der Waals surface area contributed by atoms with Crippen molar-refractivity contribution in [3.8, 4) is 11.3 Å². The number of carbonyl (C=O) groups excluding carboxylic acids is 1. The molecule has 10 nitrogen and oxygen atoms in total. The largest absolute Gasteiger partial charge is 0.328 e. The van der Waals surface area contributed by atoms with Crippen LogP contribution in [0.4, 0.5) is 0 Å². The summed E-state index contributed by atoms with van der Waals surface area (Å²) in [5.41, 5.74) is 3.40. The van der Waals surface area contributed by atoms with Crippen LogP contribution in [-0.4, -0.2) is 35.7 Å². The molecule has 10 heteroatoms. The molecule has 0 saturated carbocycles. The fourth-order valence-electron chi connectivity index (χ4n) is 3.06. The first kappa shape index (κ1) is 21.2. The first-order chi connectivity index (χ1) is 14.5. The van der Waals surface area contributed by atoms with Gasteiger partial charge in [-0.05, 0) is 18.4 Å². The molecule has 3 N–H and O–H groups in total. The Balaban J connectivity index is 1.50. The molecule has 0 atom stereocenters. The lowest BCUT2D eigenvalue weighted by molar-refractivity contribution is -0.129. The van der Waals surface area contributed by atoms with Gasteiger partial charge in [0.1, 0.15) is 5.69 Å². The van der Waals surface area contributed by atoms with E-state index >= 15 is 0 Å². The van der Waals surface area contributed by atoms with Gasteiger partial charge >= 0.3 is 5.69 Å². The number of rotatable bonds is 10. The number of unbranched alkanes of at least 4 members (excludes halogenated alkanes) is 3. The number of hydroxylamine groups is 1. The molecule has 0 saturated heterocycles. The smallest absolute Gasteiger partial charge is 0.296 e. The third-order valence-electron chi connectivity index (χ3n) is 4.70. The Kier molecular flexibility index (Phi) is 7.28. The van der Waals surface area contributed by atoms with Gasteiger partial charge in [0.15, 0.2) is 0 Å². The van der Waals surface area contributed by atoms with Crippen LogP contribution in [0.15, 0.2) is 52.3 Å². The van der Waals surface area contributed by atoms with E-state index in [1.807, 2.05) is 30.5 Å². The van der Waals surface area contributed by atoms with Crippen molar-refractivity contribution >= 4 is 5.91 Å². The van der Waals surface area contributed by atoms with Gasteiger partial charge in [-0.1, -0.05) is 42.3 Å². The molecule has 0 aliphatic heterocycles. The number of hydrogen-bond acceptors (Lipinski definition) is 6. The van der Waals surface area contributed by atoms with Crippen LogP contribution in [0, 0.1) is 0 Å². The van der Waals surface area contributed by atoms with E-state index < -0.39 is 11.2 Å². The Morgan fingerprint density at radius 3 is 2.57 bits per heavy atom. The third-order valence-corrected chi connectivity index (χ3v) is 4.70. The van der Waals surface area contributed by atoms with Crippen molar-refractivity contribution < 1.29 is 10.0 Å². The lowest BCUT2D eigenvalue weighted by Crippen LogP contribution is -2.28. The summed E-state index contributed by atoms with van der Waals surface area (Å²) < 4.78 is 3.23. The monoisotopic (exact) mass is 412 g/mol. The number of nitrogens with one attached hydrogen (secondary N) is 2. The van der Waals surface area contributed by atoms with Crippen LogP contribution in [-0.2, 0) is 17.9 Å². The number of aromatic nitrogens is 5. The summed E-state index contributed by atoms with van der Waals surface area (Å²) in [4.78, 5) is 36.1. The average molecular weight is 412 g/mol. The highest BCUT2D eigenvalue weighted by Gasteiger charge is 2.05. The predicted octanol–water partition coefficient (Wildman–Crippen LogP) is 1.30. The quantitative estimate of drug-likeness (QED) is 0.261. The molecular formula is C20H24N6O4. The van der Waals surface area contributed by atoms with Gasteiger partial charge in [0.2, 0.25) is 5.91 Å². The molecule has 3 aromatic rings. The summed E-state index contributed by atoms with van der Waals surface area (Å²) >= 11 is 0. The molecule has 1 amide bonds. The van der Waals surface area contributed by atoms with Crippen LogP contribution >= 0.6 is 0 Å². The maximum Gasteiger partial charge on any atom is 0.328 e. The number of aromatic amines is 1. The molecule has 2 aromatic heterocycles. The summed E-state index contributed by atoms with van der Waals surface area (Å²) in [6, 6.07) is 8.99. The number of nitrogens with zero attached hydrogens (tertiary/aromatic N) is 4. The second kappa shape index (κ2) is 10.3. The van der Waals surface area contributed by atoms with E-state index in [2.05, 4.69) is 15.3 Å². The van der Waals surface area contributed by atoms with Gasteiger partial charge in [0.05, 0.1) is 12.7 Å². The SMILES string of the molecule is O=C(CCCCCCn1cc(-c2ccc(Cn3ccc(=O)[nH]c3=O)cc2)nn1)NO. The first-order valence-electron chi connectivity index (χ1n) is 9.77. The number of hydrogen-bond donors (Lipinski definition) is 3. The lowest BCUT2D eigenvalue weighted by atomic mass is 10.1. The Hall–Kier alpha value is -3.53. The minimum absolute atomic E-state index is 0.330. The van der Waals surface area contributed by atoms with Gasteiger partial charge in [0.25, 0.3) is 5.56 Å². The maximum absolute atomic E-state index is 11.8. The second-order valence-corrected chi connectivity index (χ2v) is 7.00. The molecule has 0 spiro atoms. The van der Waals surface area contributed by atoms with E-state index in [1.165, 1.54) is 16.8 Å². The van der Waals surface area contributed by atoms with Crippen molar-refractivity contribution in [3.63, 3.8) is 0 Å². The number of H-pyrrole nitrogens is 1. The average Bonchev–Trinajstić information content (AvgIpc) is 3.22. The standard InChI is InChI=1S/C20H24N6O4/c27-18-10-12-25(20(29)21-18)13-15-6-8-16(9-7-15)17-14-26(24-22-17)11-4-2-1-3-5-19(28)23-30/h6-10,12,14,30H,1-5,11,13H2,(H,23,28)(H,21,27,29). The van der Waals surface area contributed by atoms with E-state index in [0.29, 0.717) is 13.0 Å². The van der Waals surface area contributed by atoms with Crippen molar-refractivity contribution in [2.75, 3.05) is 0 Å². The summed E-state index contributed by atoms with van der Waals surface area (Å²) in [5.74, 6) is -0.354. The minimum atomic E-state index is -0.439. The summed E-state index contributed by atoms with van der Waals surface area (Å²) in [5, 5.41) is 16.8. The zero-order valence-corrected chi connectivity index (χ0v) is 16.5. The van der Waals surface area contributed by atoms with E-state index in [9.17, 15) is 14.4 Å². The molecule has 0 unspecified atom stereocenters. The van der Waals surface area contributed by atoms with Gasteiger partial charge in [-0.25, -0.2) is 10.3 Å². The minimum Gasteiger partial charge on any atom is -0.296 e. The number of carbonyl (C=O) groups is 1. The Morgan fingerprint density at radius 1 is 1.07 bits per heavy atom. The van der Waals surface area contributed by atoms with Gasteiger partial charge in [-0.3, -0.25) is 29.0 Å². The molecule has 0 aliphatic carbocycles. The van der Waals surface area contributed by atoms with Crippen molar-refractivity contribution in [2.45, 2.75) is 45.2 Å². The Morgan fingerprint density at radius 2 is 1.83 bits per heavy atom. The number of amides is 1. The van der Waals surface area contributed by atoms with Crippen molar-refractivity contribution in [1.82, 2.24) is 30.0 Å². The zero-order valence-electron chi connectivity index (χ0n) is 16.5. The van der Waals surface area contributed by atoms with Crippen LogP contribution in [0.3, 0.4) is 0 Å². The summed E-state index contributed by atoms with van der Waals surface area (Å²) in [7, 11) is 0. The summed E-state index contributed by atoms with van der Waals surface area (Å²) in [6.07, 6.45) is 7.24.